The fraction of sp³-hybridized carbons (Fsp3) is 1.00. The topological polar surface area (TPSA) is 83.8 Å². The van der Waals surface area contributed by atoms with Crippen LogP contribution < -0.4 is 0 Å². The van der Waals surface area contributed by atoms with Gasteiger partial charge in [-0.25, -0.2) is 0 Å². The third-order valence-electron chi connectivity index (χ3n) is 0.805. The van der Waals surface area contributed by atoms with Crippen molar-refractivity contribution in [2.45, 2.75) is 6.92 Å². The van der Waals surface area contributed by atoms with E-state index in [1.54, 1.807) is 0 Å². The van der Waals surface area contributed by atoms with Crippen molar-refractivity contribution in [2.75, 3.05) is 13.2 Å². The molecule has 1 rings (SSSR count). The molecule has 5 nitrogen and oxygen atoms in total. The van der Waals surface area contributed by atoms with Crippen LogP contribution in [-0.2, 0) is 15.1 Å². The molecule has 0 saturated carbocycles. The smallest absolute Gasteiger partial charge is 0.381 e. The van der Waals surface area contributed by atoms with Gasteiger partial charge in [0.2, 0.25) is 0 Å². The second kappa shape index (κ2) is 3.87. The Morgan fingerprint density at radius 2 is 1.60 bits per heavy atom. The molecule has 10 heavy (non-hydrogen) atoms. The van der Waals surface area contributed by atoms with Crippen LogP contribution in [0.4, 0.5) is 0 Å². The summed E-state index contributed by atoms with van der Waals surface area (Å²) in [6.07, 6.45) is 0. The Hall–Kier alpha value is -0.170. The van der Waals surface area contributed by atoms with Crippen molar-refractivity contribution in [2.24, 2.45) is 5.92 Å². The van der Waals surface area contributed by atoms with E-state index in [-0.39, 0.29) is 0 Å². The summed E-state index contributed by atoms with van der Waals surface area (Å²) in [5, 5.41) is 0. The number of ether oxygens (including phenoxy) is 1. The summed E-state index contributed by atoms with van der Waals surface area (Å²) >= 11 is 0. The third kappa shape index (κ3) is 10.7. The SMILES string of the molecule is CC1COC1.O=S(=O)(O)O. The molecule has 0 amide bonds. The highest BCUT2D eigenvalue weighted by atomic mass is 32.3. The maximum absolute atomic E-state index is 8.74. The third-order valence-corrected chi connectivity index (χ3v) is 0.805. The molecule has 1 fully saturated rings. The van der Waals surface area contributed by atoms with Crippen molar-refractivity contribution in [1.82, 2.24) is 0 Å². The Balaban J connectivity index is 0.000000162. The molecule has 1 saturated heterocycles. The van der Waals surface area contributed by atoms with E-state index >= 15 is 0 Å². The first-order chi connectivity index (χ1) is 4.39. The summed E-state index contributed by atoms with van der Waals surface area (Å²) in [5.41, 5.74) is 0. The summed E-state index contributed by atoms with van der Waals surface area (Å²) in [6.45, 7) is 4.16. The van der Waals surface area contributed by atoms with Crippen LogP contribution in [0, 0.1) is 5.92 Å². The fourth-order valence-corrected chi connectivity index (χ4v) is 0.354. The largest absolute Gasteiger partial charge is 0.394 e. The zero-order valence-electron chi connectivity index (χ0n) is 5.52. The van der Waals surface area contributed by atoms with E-state index in [0.29, 0.717) is 0 Å². The molecule has 6 heteroatoms. The molecule has 1 aliphatic heterocycles. The Labute approximate surface area is 59.6 Å². The van der Waals surface area contributed by atoms with Gasteiger partial charge in [-0.2, -0.15) is 8.42 Å². The fourth-order valence-electron chi connectivity index (χ4n) is 0.354. The minimum atomic E-state index is -4.67. The Bertz CT molecular complexity index is 160. The first kappa shape index (κ1) is 9.83. The Kier molecular flexibility index (Phi) is 3.80. The number of rotatable bonds is 0. The summed E-state index contributed by atoms with van der Waals surface area (Å²) in [7, 11) is -4.67. The van der Waals surface area contributed by atoms with Gasteiger partial charge in [0, 0.05) is 5.92 Å². The van der Waals surface area contributed by atoms with Crippen molar-refractivity contribution in [3.63, 3.8) is 0 Å². The molecule has 0 unspecified atom stereocenters. The van der Waals surface area contributed by atoms with Crippen molar-refractivity contribution >= 4 is 10.4 Å². The summed E-state index contributed by atoms with van der Waals surface area (Å²) in [5.74, 6) is 0.843. The molecular weight excluding hydrogens is 160 g/mol. The standard InChI is InChI=1S/C4H8O.H2O4S/c1-4-2-5-3-4;1-5(2,3)4/h4H,2-3H2,1H3;(H2,1,2,3,4). The highest BCUT2D eigenvalue weighted by Gasteiger charge is 2.09. The van der Waals surface area contributed by atoms with Gasteiger partial charge in [-0.15, -0.1) is 0 Å². The first-order valence-corrected chi connectivity index (χ1v) is 4.07. The minimum Gasteiger partial charge on any atom is -0.381 e. The molecule has 0 aromatic heterocycles. The quantitative estimate of drug-likeness (QED) is 0.500. The predicted octanol–water partition coefficient (Wildman–Crippen LogP) is -0.0001000. The predicted molar refractivity (Wildman–Crippen MR) is 34.2 cm³/mol. The van der Waals surface area contributed by atoms with Crippen LogP contribution in [-0.4, -0.2) is 30.7 Å². The monoisotopic (exact) mass is 170 g/mol. The van der Waals surface area contributed by atoms with E-state index in [9.17, 15) is 0 Å². The number of hydrogen-bond acceptors (Lipinski definition) is 3. The van der Waals surface area contributed by atoms with Gasteiger partial charge in [0.1, 0.15) is 0 Å². The molecule has 0 aromatic rings. The molecule has 2 N–H and O–H groups in total. The average Bonchev–Trinajstić information content (AvgIpc) is 1.56. The van der Waals surface area contributed by atoms with E-state index in [2.05, 4.69) is 6.92 Å². The summed E-state index contributed by atoms with van der Waals surface area (Å²) in [6, 6.07) is 0. The van der Waals surface area contributed by atoms with Gasteiger partial charge in [0.25, 0.3) is 0 Å². The maximum Gasteiger partial charge on any atom is 0.394 e. The molecule has 0 radical (unpaired) electrons. The molecule has 1 heterocycles. The summed E-state index contributed by atoms with van der Waals surface area (Å²) < 4.78 is 36.4. The summed E-state index contributed by atoms with van der Waals surface area (Å²) in [4.78, 5) is 0. The van der Waals surface area contributed by atoms with Crippen molar-refractivity contribution in [1.29, 1.82) is 0 Å². The Morgan fingerprint density at radius 3 is 1.60 bits per heavy atom. The lowest BCUT2D eigenvalue weighted by Gasteiger charge is -2.20. The molecule has 1 aliphatic rings. The lowest BCUT2D eigenvalue weighted by atomic mass is 10.2. The van der Waals surface area contributed by atoms with Crippen molar-refractivity contribution < 1.29 is 22.3 Å². The molecule has 62 valence electrons. The van der Waals surface area contributed by atoms with Crippen molar-refractivity contribution in [3.05, 3.63) is 0 Å². The van der Waals surface area contributed by atoms with Gasteiger partial charge in [0.05, 0.1) is 13.2 Å². The van der Waals surface area contributed by atoms with Gasteiger partial charge in [0.15, 0.2) is 0 Å². The van der Waals surface area contributed by atoms with Crippen LogP contribution in [0.1, 0.15) is 6.92 Å². The Morgan fingerprint density at radius 1 is 1.40 bits per heavy atom. The van der Waals surface area contributed by atoms with E-state index in [1.165, 1.54) is 0 Å². The molecule has 0 aliphatic carbocycles. The van der Waals surface area contributed by atoms with Gasteiger partial charge in [-0.3, -0.25) is 9.11 Å². The van der Waals surface area contributed by atoms with Gasteiger partial charge < -0.3 is 4.74 Å². The molecule has 0 spiro atoms. The second-order valence-electron chi connectivity index (χ2n) is 2.09. The zero-order chi connectivity index (χ0) is 8.20. The van der Waals surface area contributed by atoms with Crippen LogP contribution in [0.5, 0.6) is 0 Å². The van der Waals surface area contributed by atoms with Crippen LogP contribution in [0.2, 0.25) is 0 Å². The average molecular weight is 170 g/mol. The van der Waals surface area contributed by atoms with Gasteiger partial charge in [-0.1, -0.05) is 6.92 Å². The first-order valence-electron chi connectivity index (χ1n) is 2.67. The van der Waals surface area contributed by atoms with Crippen LogP contribution in [0.25, 0.3) is 0 Å². The van der Waals surface area contributed by atoms with Gasteiger partial charge >= 0.3 is 10.4 Å². The van der Waals surface area contributed by atoms with Crippen LogP contribution in [0.3, 0.4) is 0 Å². The van der Waals surface area contributed by atoms with E-state index in [4.69, 9.17) is 22.3 Å². The number of hydrogen-bond donors (Lipinski definition) is 2. The van der Waals surface area contributed by atoms with E-state index in [1.807, 2.05) is 0 Å². The van der Waals surface area contributed by atoms with E-state index in [0.717, 1.165) is 19.1 Å². The second-order valence-corrected chi connectivity index (χ2v) is 2.99. The maximum atomic E-state index is 8.74. The highest BCUT2D eigenvalue weighted by molar-refractivity contribution is 7.79. The van der Waals surface area contributed by atoms with Crippen LogP contribution in [0.15, 0.2) is 0 Å². The highest BCUT2D eigenvalue weighted by Crippen LogP contribution is 2.05. The molecular formula is C4H10O5S. The minimum absolute atomic E-state index is 0.843. The van der Waals surface area contributed by atoms with Crippen molar-refractivity contribution in [3.8, 4) is 0 Å². The van der Waals surface area contributed by atoms with E-state index < -0.39 is 10.4 Å². The molecule has 0 bridgehead atoms. The molecule has 0 aromatic carbocycles. The normalized spacial score (nSPS) is 18.7. The molecule has 0 atom stereocenters. The van der Waals surface area contributed by atoms with Gasteiger partial charge in [-0.05, 0) is 0 Å². The zero-order valence-corrected chi connectivity index (χ0v) is 6.34. The van der Waals surface area contributed by atoms with Crippen LogP contribution >= 0.6 is 0 Å². The lowest BCUT2D eigenvalue weighted by molar-refractivity contribution is -0.0221. The lowest BCUT2D eigenvalue weighted by Crippen LogP contribution is -2.23.